The van der Waals surface area contributed by atoms with Crippen LogP contribution < -0.4 is 5.32 Å². The van der Waals surface area contributed by atoms with Gasteiger partial charge in [-0.2, -0.15) is 24.5 Å². The number of thiophene rings is 1. The van der Waals surface area contributed by atoms with Crippen molar-refractivity contribution in [2.24, 2.45) is 0 Å². The number of hydrogen-bond acceptors (Lipinski definition) is 2. The summed E-state index contributed by atoms with van der Waals surface area (Å²) >= 11 is 1.58. The van der Waals surface area contributed by atoms with Crippen LogP contribution in [0.25, 0.3) is 0 Å². The first-order valence-corrected chi connectivity index (χ1v) is 7.41. The Morgan fingerprint density at radius 2 is 2.00 bits per heavy atom. The molecular weight excluding hydrogens is 302 g/mol. The number of hydrogen-bond donors (Lipinski definition) is 1. The van der Waals surface area contributed by atoms with Gasteiger partial charge in [-0.05, 0) is 60.0 Å². The molecule has 6 heteroatoms. The lowest BCUT2D eigenvalue weighted by molar-refractivity contribution is -0.140. The maximum atomic E-state index is 13.3. The molecule has 1 atom stereocenters. The molecule has 2 rings (SSSR count). The van der Waals surface area contributed by atoms with Crippen molar-refractivity contribution in [3.8, 4) is 0 Å². The van der Waals surface area contributed by atoms with Gasteiger partial charge >= 0.3 is 6.18 Å². The van der Waals surface area contributed by atoms with E-state index in [0.29, 0.717) is 12.0 Å². The molecule has 1 N–H and O–H groups in total. The van der Waals surface area contributed by atoms with Crippen molar-refractivity contribution >= 4 is 11.3 Å². The smallest absolute Gasteiger partial charge is 0.313 e. The largest absolute Gasteiger partial charge is 0.419 e. The van der Waals surface area contributed by atoms with Crippen molar-refractivity contribution in [3.05, 3.63) is 57.5 Å². The van der Waals surface area contributed by atoms with Crippen LogP contribution in [0.4, 0.5) is 17.6 Å². The van der Waals surface area contributed by atoms with Crippen molar-refractivity contribution in [3.63, 3.8) is 0 Å². The molecule has 0 aliphatic carbocycles. The molecule has 1 unspecified atom stereocenters. The first-order chi connectivity index (χ1) is 9.91. The molecule has 0 fully saturated rings. The van der Waals surface area contributed by atoms with Crippen molar-refractivity contribution in [2.45, 2.75) is 25.1 Å². The highest BCUT2D eigenvalue weighted by molar-refractivity contribution is 7.07. The van der Waals surface area contributed by atoms with Gasteiger partial charge in [-0.3, -0.25) is 0 Å². The fourth-order valence-electron chi connectivity index (χ4n) is 2.20. The Kier molecular flexibility index (Phi) is 5.00. The summed E-state index contributed by atoms with van der Waals surface area (Å²) < 4.78 is 51.5. The molecule has 1 nitrogen and oxygen atoms in total. The first kappa shape index (κ1) is 16.0. The van der Waals surface area contributed by atoms with Gasteiger partial charge in [0.25, 0.3) is 0 Å². The van der Waals surface area contributed by atoms with Crippen LogP contribution >= 0.6 is 11.3 Å². The molecule has 0 spiro atoms. The minimum atomic E-state index is -4.67. The summed E-state index contributed by atoms with van der Waals surface area (Å²) in [6.45, 7) is 0. The Morgan fingerprint density at radius 1 is 1.24 bits per heavy atom. The van der Waals surface area contributed by atoms with E-state index in [1.165, 1.54) is 6.07 Å². The first-order valence-electron chi connectivity index (χ1n) is 6.47. The summed E-state index contributed by atoms with van der Waals surface area (Å²) in [5, 5.41) is 6.97. The summed E-state index contributed by atoms with van der Waals surface area (Å²) in [7, 11) is 1.69. The van der Waals surface area contributed by atoms with Gasteiger partial charge in [-0.25, -0.2) is 4.39 Å². The van der Waals surface area contributed by atoms with E-state index in [1.807, 2.05) is 16.8 Å². The molecule has 0 radical (unpaired) electrons. The summed E-state index contributed by atoms with van der Waals surface area (Å²) in [5.41, 5.74) is 0.385. The molecule has 1 aromatic heterocycles. The van der Waals surface area contributed by atoms with Gasteiger partial charge in [0, 0.05) is 6.04 Å². The van der Waals surface area contributed by atoms with E-state index < -0.39 is 17.6 Å². The number of benzene rings is 1. The maximum absolute atomic E-state index is 13.3. The molecule has 2 aromatic rings. The van der Waals surface area contributed by atoms with Crippen LogP contribution in [0.5, 0.6) is 0 Å². The molecule has 0 saturated heterocycles. The second-order valence-corrected chi connectivity index (χ2v) is 5.53. The average Bonchev–Trinajstić information content (AvgIpc) is 2.93. The third-order valence-corrected chi connectivity index (χ3v) is 4.08. The minimum absolute atomic E-state index is 0.244. The summed E-state index contributed by atoms with van der Waals surface area (Å²) in [5.74, 6) is -1.24. The van der Waals surface area contributed by atoms with Crippen molar-refractivity contribution in [1.29, 1.82) is 0 Å². The second-order valence-electron chi connectivity index (χ2n) is 4.75. The highest BCUT2D eigenvalue weighted by Crippen LogP contribution is 2.33. The molecule has 0 amide bonds. The second kappa shape index (κ2) is 6.58. The van der Waals surface area contributed by atoms with Gasteiger partial charge < -0.3 is 5.32 Å². The fourth-order valence-corrected chi connectivity index (χ4v) is 2.90. The third kappa shape index (κ3) is 4.04. The van der Waals surface area contributed by atoms with E-state index in [2.05, 4.69) is 5.32 Å². The molecule has 0 saturated carbocycles. The number of aryl methyl sites for hydroxylation is 1. The highest BCUT2D eigenvalue weighted by Gasteiger charge is 2.34. The van der Waals surface area contributed by atoms with Crippen LogP contribution in [0, 0.1) is 5.82 Å². The van der Waals surface area contributed by atoms with Crippen molar-refractivity contribution in [2.75, 3.05) is 7.05 Å². The van der Waals surface area contributed by atoms with E-state index in [4.69, 9.17) is 0 Å². The predicted octanol–water partition coefficient (Wildman–Crippen LogP) is 4.80. The number of rotatable bonds is 5. The molecule has 0 aliphatic rings. The molecular formula is C15H15F4NS. The molecule has 0 aliphatic heterocycles. The molecule has 1 aromatic carbocycles. The monoisotopic (exact) mass is 317 g/mol. The third-order valence-electron chi connectivity index (χ3n) is 3.35. The van der Waals surface area contributed by atoms with Crippen molar-refractivity contribution < 1.29 is 17.6 Å². The van der Waals surface area contributed by atoms with Crippen LogP contribution in [0.15, 0.2) is 35.0 Å². The van der Waals surface area contributed by atoms with E-state index in [9.17, 15) is 17.6 Å². The normalized spacial score (nSPS) is 13.4. The van der Waals surface area contributed by atoms with E-state index in [0.717, 1.165) is 24.1 Å². The molecule has 114 valence electrons. The SMILES string of the molecule is CNC(CCc1ccsc1)c1ccc(F)c(C(F)(F)F)c1. The van der Waals surface area contributed by atoms with Gasteiger partial charge in [0.05, 0.1) is 5.56 Å². The Bertz CT molecular complexity index is 578. The molecule has 0 bridgehead atoms. The zero-order valence-electron chi connectivity index (χ0n) is 11.4. The zero-order valence-corrected chi connectivity index (χ0v) is 12.2. The Hall–Kier alpha value is -1.40. The topological polar surface area (TPSA) is 12.0 Å². The van der Waals surface area contributed by atoms with Crippen LogP contribution in [0.1, 0.15) is 29.2 Å². The summed E-state index contributed by atoms with van der Waals surface area (Å²) in [4.78, 5) is 0. The van der Waals surface area contributed by atoms with Crippen molar-refractivity contribution in [1.82, 2.24) is 5.32 Å². The number of alkyl halides is 3. The standard InChI is InChI=1S/C15H15F4NS/c1-20-14(5-2-10-6-7-21-9-10)11-3-4-13(16)12(8-11)15(17,18)19/h3-4,6-9,14,20H,2,5H2,1H3. The molecule has 1 heterocycles. The fraction of sp³-hybridized carbons (Fsp3) is 0.333. The van der Waals surface area contributed by atoms with Crippen LogP contribution in [-0.2, 0) is 12.6 Å². The van der Waals surface area contributed by atoms with E-state index in [-0.39, 0.29) is 6.04 Å². The van der Waals surface area contributed by atoms with E-state index >= 15 is 0 Å². The van der Waals surface area contributed by atoms with Gasteiger partial charge in [0.15, 0.2) is 0 Å². The van der Waals surface area contributed by atoms with Gasteiger partial charge in [0.2, 0.25) is 0 Å². The lowest BCUT2D eigenvalue weighted by atomic mass is 9.98. The highest BCUT2D eigenvalue weighted by atomic mass is 32.1. The molecule has 21 heavy (non-hydrogen) atoms. The minimum Gasteiger partial charge on any atom is -0.313 e. The maximum Gasteiger partial charge on any atom is 0.419 e. The summed E-state index contributed by atoms with van der Waals surface area (Å²) in [6, 6.07) is 4.92. The van der Waals surface area contributed by atoms with Gasteiger partial charge in [-0.1, -0.05) is 6.07 Å². The summed E-state index contributed by atoms with van der Waals surface area (Å²) in [6.07, 6.45) is -3.27. The van der Waals surface area contributed by atoms with Crippen LogP contribution in [0.2, 0.25) is 0 Å². The lowest BCUT2D eigenvalue weighted by Crippen LogP contribution is -2.18. The predicted molar refractivity (Wildman–Crippen MR) is 75.8 cm³/mol. The van der Waals surface area contributed by atoms with Crippen LogP contribution in [0.3, 0.4) is 0 Å². The average molecular weight is 317 g/mol. The van der Waals surface area contributed by atoms with Gasteiger partial charge in [0.1, 0.15) is 5.82 Å². The Morgan fingerprint density at radius 3 is 2.57 bits per heavy atom. The quantitative estimate of drug-likeness (QED) is 0.781. The lowest BCUT2D eigenvalue weighted by Gasteiger charge is -2.18. The number of halogens is 4. The Balaban J connectivity index is 2.18. The van der Waals surface area contributed by atoms with Crippen LogP contribution in [-0.4, -0.2) is 7.05 Å². The number of nitrogens with one attached hydrogen (secondary N) is 1. The zero-order chi connectivity index (χ0) is 15.5. The van der Waals surface area contributed by atoms with E-state index in [1.54, 1.807) is 18.4 Å². The van der Waals surface area contributed by atoms with Gasteiger partial charge in [-0.15, -0.1) is 0 Å². The Labute approximate surface area is 124 Å².